The van der Waals surface area contributed by atoms with Crippen LogP contribution in [0.1, 0.15) is 5.56 Å². The van der Waals surface area contributed by atoms with E-state index in [0.717, 1.165) is 5.56 Å². The van der Waals surface area contributed by atoms with Crippen molar-refractivity contribution >= 4 is 17.3 Å². The Balaban J connectivity index is 2.02. The number of nitrogen functional groups attached to an aromatic ring is 1. The summed E-state index contributed by atoms with van der Waals surface area (Å²) < 4.78 is 18.1. The lowest BCUT2D eigenvalue weighted by Crippen LogP contribution is -2.14. The molecule has 2 aromatic rings. The van der Waals surface area contributed by atoms with Crippen LogP contribution in [0, 0.1) is 5.82 Å². The van der Waals surface area contributed by atoms with E-state index in [1.165, 1.54) is 25.3 Å². The van der Waals surface area contributed by atoms with Gasteiger partial charge in [0.15, 0.2) is 11.6 Å². The zero-order valence-electron chi connectivity index (χ0n) is 11.0. The fraction of sp³-hybridized carbons (Fsp3) is 0.133. The highest BCUT2D eigenvalue weighted by atomic mass is 19.1. The third-order valence-corrected chi connectivity index (χ3v) is 2.78. The Morgan fingerprint density at radius 1 is 1.25 bits per heavy atom. The van der Waals surface area contributed by atoms with Crippen molar-refractivity contribution in [3.8, 4) is 5.75 Å². The predicted octanol–water partition coefficient (Wildman–Crippen LogP) is 2.60. The summed E-state index contributed by atoms with van der Waals surface area (Å²) in [5.74, 6) is -0.567. The lowest BCUT2D eigenvalue weighted by atomic mass is 10.1. The molecule has 0 unspecified atom stereocenters. The molecular weight excluding hydrogens is 259 g/mol. The largest absolute Gasteiger partial charge is 0.494 e. The second-order valence-corrected chi connectivity index (χ2v) is 4.32. The normalized spacial score (nSPS) is 10.1. The maximum atomic E-state index is 13.2. The number of hydrogen-bond donors (Lipinski definition) is 2. The number of anilines is 2. The highest BCUT2D eigenvalue weighted by molar-refractivity contribution is 5.92. The number of methoxy groups -OCH3 is 1. The van der Waals surface area contributed by atoms with Crippen molar-refractivity contribution in [1.29, 1.82) is 0 Å². The number of carbonyl (C=O) groups is 1. The van der Waals surface area contributed by atoms with Crippen LogP contribution in [-0.4, -0.2) is 13.0 Å². The fourth-order valence-electron chi connectivity index (χ4n) is 1.76. The number of hydrogen-bond acceptors (Lipinski definition) is 3. The Bertz CT molecular complexity index is 612. The summed E-state index contributed by atoms with van der Waals surface area (Å²) in [5, 5.41) is 2.69. The van der Waals surface area contributed by atoms with Crippen molar-refractivity contribution in [3.05, 3.63) is 53.8 Å². The summed E-state index contributed by atoms with van der Waals surface area (Å²) in [7, 11) is 1.37. The van der Waals surface area contributed by atoms with Crippen LogP contribution in [-0.2, 0) is 11.2 Å². The van der Waals surface area contributed by atoms with E-state index in [4.69, 9.17) is 10.5 Å². The molecule has 0 radical (unpaired) electrons. The van der Waals surface area contributed by atoms with Crippen molar-refractivity contribution in [1.82, 2.24) is 0 Å². The van der Waals surface area contributed by atoms with Gasteiger partial charge in [-0.05, 0) is 29.8 Å². The predicted molar refractivity (Wildman–Crippen MR) is 76.1 cm³/mol. The highest BCUT2D eigenvalue weighted by Gasteiger charge is 2.07. The van der Waals surface area contributed by atoms with Gasteiger partial charge >= 0.3 is 0 Å². The molecule has 1 amide bonds. The minimum atomic E-state index is -0.468. The van der Waals surface area contributed by atoms with E-state index >= 15 is 0 Å². The first-order valence-corrected chi connectivity index (χ1v) is 6.06. The van der Waals surface area contributed by atoms with Crippen molar-refractivity contribution in [3.63, 3.8) is 0 Å². The van der Waals surface area contributed by atoms with Gasteiger partial charge in [-0.15, -0.1) is 0 Å². The van der Waals surface area contributed by atoms with Crippen molar-refractivity contribution in [2.75, 3.05) is 18.2 Å². The number of nitrogens with one attached hydrogen (secondary N) is 1. The fourth-order valence-corrected chi connectivity index (χ4v) is 1.76. The van der Waals surface area contributed by atoms with Gasteiger partial charge in [0.2, 0.25) is 5.91 Å². The number of halogens is 1. The zero-order valence-corrected chi connectivity index (χ0v) is 11.0. The van der Waals surface area contributed by atoms with Crippen molar-refractivity contribution in [2.24, 2.45) is 0 Å². The summed E-state index contributed by atoms with van der Waals surface area (Å²) in [6, 6.07) is 11.2. The second-order valence-electron chi connectivity index (χ2n) is 4.32. The topological polar surface area (TPSA) is 64.3 Å². The van der Waals surface area contributed by atoms with Crippen LogP contribution < -0.4 is 15.8 Å². The molecular formula is C15H15FN2O2. The molecule has 104 valence electrons. The number of carbonyl (C=O) groups excluding carboxylic acids is 1. The molecule has 3 N–H and O–H groups in total. The lowest BCUT2D eigenvalue weighted by molar-refractivity contribution is -0.115. The first kappa shape index (κ1) is 13.9. The van der Waals surface area contributed by atoms with E-state index in [2.05, 4.69) is 5.32 Å². The van der Waals surface area contributed by atoms with Crippen LogP contribution in [0.15, 0.2) is 42.5 Å². The number of nitrogens with two attached hydrogens (primary N) is 1. The van der Waals surface area contributed by atoms with E-state index in [0.29, 0.717) is 11.4 Å². The van der Waals surface area contributed by atoms with Gasteiger partial charge < -0.3 is 15.8 Å². The van der Waals surface area contributed by atoms with Gasteiger partial charge in [0, 0.05) is 17.4 Å². The van der Waals surface area contributed by atoms with Gasteiger partial charge in [0.05, 0.1) is 13.5 Å². The average Bonchev–Trinajstić information content (AvgIpc) is 2.43. The highest BCUT2D eigenvalue weighted by Crippen LogP contribution is 2.21. The number of ether oxygens (including phenoxy) is 1. The van der Waals surface area contributed by atoms with Crippen molar-refractivity contribution in [2.45, 2.75) is 6.42 Å². The van der Waals surface area contributed by atoms with E-state index in [-0.39, 0.29) is 18.1 Å². The summed E-state index contributed by atoms with van der Waals surface area (Å²) in [4.78, 5) is 11.9. The first-order chi connectivity index (χ1) is 9.58. The summed E-state index contributed by atoms with van der Waals surface area (Å²) in [5.41, 5.74) is 7.57. The SMILES string of the molecule is COc1cc(NC(=O)Cc2ccc(N)cc2)ccc1F. The van der Waals surface area contributed by atoms with Gasteiger partial charge in [-0.1, -0.05) is 12.1 Å². The quantitative estimate of drug-likeness (QED) is 0.842. The molecule has 0 aliphatic carbocycles. The third kappa shape index (κ3) is 3.47. The molecule has 0 spiro atoms. The Morgan fingerprint density at radius 2 is 1.95 bits per heavy atom. The number of benzene rings is 2. The number of amides is 1. The molecule has 0 aliphatic rings. The maximum absolute atomic E-state index is 13.2. The van der Waals surface area contributed by atoms with Crippen LogP contribution >= 0.6 is 0 Å². The molecule has 0 saturated heterocycles. The Morgan fingerprint density at radius 3 is 2.60 bits per heavy atom. The van der Waals surface area contributed by atoms with Crippen LogP contribution in [0.25, 0.3) is 0 Å². The minimum Gasteiger partial charge on any atom is -0.494 e. The van der Waals surface area contributed by atoms with E-state index in [1.54, 1.807) is 24.3 Å². The van der Waals surface area contributed by atoms with Gasteiger partial charge in [-0.3, -0.25) is 4.79 Å². The van der Waals surface area contributed by atoms with E-state index < -0.39 is 5.82 Å². The molecule has 20 heavy (non-hydrogen) atoms. The molecule has 2 aromatic carbocycles. The average molecular weight is 274 g/mol. The first-order valence-electron chi connectivity index (χ1n) is 6.06. The van der Waals surface area contributed by atoms with E-state index in [9.17, 15) is 9.18 Å². The molecule has 0 heterocycles. The van der Waals surface area contributed by atoms with Gasteiger partial charge in [-0.2, -0.15) is 0 Å². The zero-order chi connectivity index (χ0) is 14.5. The molecule has 0 saturated carbocycles. The summed E-state index contributed by atoms with van der Waals surface area (Å²) >= 11 is 0. The van der Waals surface area contributed by atoms with Gasteiger partial charge in [0.25, 0.3) is 0 Å². The van der Waals surface area contributed by atoms with Gasteiger partial charge in [-0.25, -0.2) is 4.39 Å². The molecule has 0 fully saturated rings. The molecule has 2 rings (SSSR count). The molecule has 0 aliphatic heterocycles. The third-order valence-electron chi connectivity index (χ3n) is 2.78. The van der Waals surface area contributed by atoms with Crippen LogP contribution in [0.4, 0.5) is 15.8 Å². The molecule has 5 heteroatoms. The van der Waals surface area contributed by atoms with Crippen molar-refractivity contribution < 1.29 is 13.9 Å². The lowest BCUT2D eigenvalue weighted by Gasteiger charge is -2.08. The van der Waals surface area contributed by atoms with Crippen LogP contribution in [0.3, 0.4) is 0 Å². The monoisotopic (exact) mass is 274 g/mol. The Labute approximate surface area is 116 Å². The number of rotatable bonds is 4. The Kier molecular flexibility index (Phi) is 4.20. The smallest absolute Gasteiger partial charge is 0.228 e. The molecule has 4 nitrogen and oxygen atoms in total. The van der Waals surface area contributed by atoms with Crippen LogP contribution in [0.2, 0.25) is 0 Å². The van der Waals surface area contributed by atoms with Gasteiger partial charge in [0.1, 0.15) is 0 Å². The summed E-state index contributed by atoms with van der Waals surface area (Å²) in [6.07, 6.45) is 0.222. The van der Waals surface area contributed by atoms with Crippen LogP contribution in [0.5, 0.6) is 5.75 Å². The molecule has 0 bridgehead atoms. The van der Waals surface area contributed by atoms with E-state index in [1.807, 2.05) is 0 Å². The molecule has 0 aromatic heterocycles. The Hall–Kier alpha value is -2.56. The maximum Gasteiger partial charge on any atom is 0.228 e. The second kappa shape index (κ2) is 6.06. The standard InChI is InChI=1S/C15H15FN2O2/c1-20-14-9-12(6-7-13(14)16)18-15(19)8-10-2-4-11(17)5-3-10/h2-7,9H,8,17H2,1H3,(H,18,19). The molecule has 0 atom stereocenters. The summed E-state index contributed by atoms with van der Waals surface area (Å²) in [6.45, 7) is 0. The minimum absolute atomic E-state index is 0.0929.